The van der Waals surface area contributed by atoms with Crippen LogP contribution in [-0.2, 0) is 21.1 Å². The van der Waals surface area contributed by atoms with E-state index in [1.807, 2.05) is 0 Å². The maximum absolute atomic E-state index is 11.7. The van der Waals surface area contributed by atoms with Crippen molar-refractivity contribution in [2.75, 3.05) is 12.4 Å². The lowest BCUT2D eigenvalue weighted by molar-refractivity contribution is 0.0523. The van der Waals surface area contributed by atoms with Gasteiger partial charge in [0, 0.05) is 6.54 Å². The molecule has 6 nitrogen and oxygen atoms in total. The predicted molar refractivity (Wildman–Crippen MR) is 78.7 cm³/mol. The van der Waals surface area contributed by atoms with Crippen LogP contribution in [0.1, 0.15) is 26.3 Å². The van der Waals surface area contributed by atoms with Crippen LogP contribution in [0.15, 0.2) is 29.2 Å². The van der Waals surface area contributed by atoms with Gasteiger partial charge in [-0.3, -0.25) is 0 Å². The van der Waals surface area contributed by atoms with Crippen molar-refractivity contribution in [3.8, 4) is 0 Å². The Bertz CT molecular complexity index is 572. The van der Waals surface area contributed by atoms with Crippen LogP contribution in [0, 0.1) is 0 Å². The fourth-order valence-corrected chi connectivity index (χ4v) is 2.57. The molecular formula is C14H21NO5S. The molecule has 1 aromatic rings. The van der Waals surface area contributed by atoms with Crippen LogP contribution < -0.4 is 5.32 Å². The Labute approximate surface area is 125 Å². The molecule has 1 amide bonds. The first-order valence-corrected chi connectivity index (χ1v) is 8.19. The van der Waals surface area contributed by atoms with Crippen molar-refractivity contribution in [3.05, 3.63) is 29.8 Å². The molecule has 2 N–H and O–H groups in total. The van der Waals surface area contributed by atoms with E-state index >= 15 is 0 Å². The maximum atomic E-state index is 11.7. The number of carbonyl (C=O) groups excluding carboxylic acids is 1. The highest BCUT2D eigenvalue weighted by Crippen LogP contribution is 2.12. The number of hydrogen-bond acceptors (Lipinski definition) is 5. The minimum atomic E-state index is -3.44. The van der Waals surface area contributed by atoms with Gasteiger partial charge in [-0.05, 0) is 38.5 Å². The number of nitrogens with one attached hydrogen (secondary N) is 1. The van der Waals surface area contributed by atoms with Gasteiger partial charge in [0.1, 0.15) is 5.60 Å². The molecule has 0 saturated carbocycles. The number of carbonyl (C=O) groups is 1. The Morgan fingerprint density at radius 1 is 1.24 bits per heavy atom. The van der Waals surface area contributed by atoms with Crippen molar-refractivity contribution in [1.29, 1.82) is 0 Å². The van der Waals surface area contributed by atoms with Gasteiger partial charge in [-0.15, -0.1) is 0 Å². The van der Waals surface area contributed by atoms with E-state index in [0.29, 0.717) is 0 Å². The summed E-state index contributed by atoms with van der Waals surface area (Å²) < 4.78 is 28.5. The molecule has 0 bridgehead atoms. The molecule has 118 valence electrons. The maximum Gasteiger partial charge on any atom is 0.407 e. The summed E-state index contributed by atoms with van der Waals surface area (Å²) in [6.45, 7) is 5.15. The van der Waals surface area contributed by atoms with Crippen molar-refractivity contribution in [2.45, 2.75) is 37.8 Å². The second kappa shape index (κ2) is 6.91. The van der Waals surface area contributed by atoms with Crippen LogP contribution in [0.25, 0.3) is 0 Å². The molecule has 0 spiro atoms. The molecule has 0 saturated heterocycles. The Kier molecular flexibility index (Phi) is 5.74. The second-order valence-electron chi connectivity index (χ2n) is 5.54. The fraction of sp³-hybridized carbons (Fsp3) is 0.500. The van der Waals surface area contributed by atoms with Crippen LogP contribution in [0.4, 0.5) is 4.79 Å². The van der Waals surface area contributed by atoms with Crippen molar-refractivity contribution >= 4 is 15.9 Å². The Hall–Kier alpha value is -1.60. The average Bonchev–Trinajstić information content (AvgIpc) is 2.35. The summed E-state index contributed by atoms with van der Waals surface area (Å²) in [4.78, 5) is 11.6. The van der Waals surface area contributed by atoms with Gasteiger partial charge in [0.25, 0.3) is 0 Å². The third-order valence-electron chi connectivity index (χ3n) is 2.48. The largest absolute Gasteiger partial charge is 0.444 e. The number of hydrogen-bond donors (Lipinski definition) is 2. The predicted octanol–water partition coefficient (Wildman–Crippen LogP) is 1.48. The highest BCUT2D eigenvalue weighted by molar-refractivity contribution is 7.91. The number of aliphatic hydroxyl groups is 1. The van der Waals surface area contributed by atoms with Gasteiger partial charge in [-0.2, -0.15) is 0 Å². The minimum Gasteiger partial charge on any atom is -0.444 e. The van der Waals surface area contributed by atoms with Crippen LogP contribution in [0.2, 0.25) is 0 Å². The van der Waals surface area contributed by atoms with Gasteiger partial charge in [0.15, 0.2) is 9.84 Å². The SMILES string of the molecule is CC(C)(C)OC(=O)NCc1ccc(S(=O)(=O)CCO)cc1. The number of aliphatic hydroxyl groups excluding tert-OH is 1. The molecular weight excluding hydrogens is 294 g/mol. The molecule has 0 aliphatic carbocycles. The lowest BCUT2D eigenvalue weighted by Crippen LogP contribution is -2.32. The monoisotopic (exact) mass is 315 g/mol. The number of benzene rings is 1. The van der Waals surface area contributed by atoms with Gasteiger partial charge in [0.2, 0.25) is 0 Å². The molecule has 0 aliphatic rings. The average molecular weight is 315 g/mol. The molecule has 7 heteroatoms. The Balaban J connectivity index is 2.62. The first-order valence-electron chi connectivity index (χ1n) is 6.53. The third kappa shape index (κ3) is 6.14. The highest BCUT2D eigenvalue weighted by atomic mass is 32.2. The standard InChI is InChI=1S/C14H21NO5S/c1-14(2,3)20-13(17)15-10-11-4-6-12(7-5-11)21(18,19)9-8-16/h4-7,16H,8-10H2,1-3H3,(H,15,17). The molecule has 0 unspecified atom stereocenters. The first-order chi connectivity index (χ1) is 9.64. The normalized spacial score (nSPS) is 12.0. The second-order valence-corrected chi connectivity index (χ2v) is 7.65. The van der Waals surface area contributed by atoms with Gasteiger partial charge < -0.3 is 15.2 Å². The van der Waals surface area contributed by atoms with Gasteiger partial charge in [-0.1, -0.05) is 12.1 Å². The van der Waals surface area contributed by atoms with Crippen LogP contribution in [0.5, 0.6) is 0 Å². The summed E-state index contributed by atoms with van der Waals surface area (Å²) in [6.07, 6.45) is -0.528. The molecule has 0 fully saturated rings. The quantitative estimate of drug-likeness (QED) is 0.858. The van der Waals surface area contributed by atoms with Crippen molar-refractivity contribution < 1.29 is 23.1 Å². The Morgan fingerprint density at radius 3 is 2.29 bits per heavy atom. The minimum absolute atomic E-state index is 0.151. The highest BCUT2D eigenvalue weighted by Gasteiger charge is 2.16. The third-order valence-corrected chi connectivity index (χ3v) is 4.19. The van der Waals surface area contributed by atoms with E-state index in [2.05, 4.69) is 5.32 Å². The van der Waals surface area contributed by atoms with Crippen molar-refractivity contribution in [1.82, 2.24) is 5.32 Å². The smallest absolute Gasteiger partial charge is 0.407 e. The number of ether oxygens (including phenoxy) is 1. The van der Waals surface area contributed by atoms with Gasteiger partial charge in [-0.25, -0.2) is 13.2 Å². The van der Waals surface area contributed by atoms with Gasteiger partial charge in [0.05, 0.1) is 17.3 Å². The van der Waals surface area contributed by atoms with Gasteiger partial charge >= 0.3 is 6.09 Å². The van der Waals surface area contributed by atoms with Crippen LogP contribution in [-0.4, -0.2) is 37.6 Å². The van der Waals surface area contributed by atoms with Crippen molar-refractivity contribution in [2.24, 2.45) is 0 Å². The first kappa shape index (κ1) is 17.5. The summed E-state index contributed by atoms with van der Waals surface area (Å²) in [6, 6.07) is 6.14. The van der Waals surface area contributed by atoms with Crippen molar-refractivity contribution in [3.63, 3.8) is 0 Å². The number of rotatable bonds is 5. The summed E-state index contributed by atoms with van der Waals surface area (Å²) in [5, 5.41) is 11.3. The summed E-state index contributed by atoms with van der Waals surface area (Å²) in [7, 11) is -3.44. The number of sulfone groups is 1. The molecule has 0 heterocycles. The summed E-state index contributed by atoms with van der Waals surface area (Å²) >= 11 is 0. The molecule has 1 aromatic carbocycles. The molecule has 21 heavy (non-hydrogen) atoms. The molecule has 0 atom stereocenters. The zero-order chi connectivity index (χ0) is 16.1. The number of alkyl carbamates (subject to hydrolysis) is 1. The van der Waals surface area contributed by atoms with E-state index in [9.17, 15) is 13.2 Å². The van der Waals surface area contributed by atoms with E-state index in [-0.39, 0.29) is 17.2 Å². The lowest BCUT2D eigenvalue weighted by Gasteiger charge is -2.19. The lowest BCUT2D eigenvalue weighted by atomic mass is 10.2. The van der Waals surface area contributed by atoms with E-state index < -0.39 is 28.1 Å². The molecule has 0 radical (unpaired) electrons. The van der Waals surface area contributed by atoms with E-state index in [0.717, 1.165) is 5.56 Å². The fourth-order valence-electron chi connectivity index (χ4n) is 1.54. The molecule has 0 aliphatic heterocycles. The van der Waals surface area contributed by atoms with E-state index in [1.165, 1.54) is 12.1 Å². The van der Waals surface area contributed by atoms with Crippen LogP contribution >= 0.6 is 0 Å². The Morgan fingerprint density at radius 2 is 1.81 bits per heavy atom. The van der Waals surface area contributed by atoms with Crippen LogP contribution in [0.3, 0.4) is 0 Å². The van der Waals surface area contributed by atoms with E-state index in [4.69, 9.17) is 9.84 Å². The molecule has 0 aromatic heterocycles. The summed E-state index contributed by atoms with van der Waals surface area (Å²) in [5.74, 6) is -0.303. The topological polar surface area (TPSA) is 92.7 Å². The molecule has 1 rings (SSSR count). The summed E-state index contributed by atoms with van der Waals surface area (Å²) in [5.41, 5.74) is 0.190. The zero-order valence-electron chi connectivity index (χ0n) is 12.4. The zero-order valence-corrected chi connectivity index (χ0v) is 13.2. The number of amides is 1. The van der Waals surface area contributed by atoms with E-state index in [1.54, 1.807) is 32.9 Å².